The van der Waals surface area contributed by atoms with Gasteiger partial charge in [0.2, 0.25) is 0 Å². The molecule has 0 saturated carbocycles. The highest BCUT2D eigenvalue weighted by molar-refractivity contribution is 6.93. The smallest absolute Gasteiger partial charge is 0.399 e. The van der Waals surface area contributed by atoms with Crippen LogP contribution in [-0.4, -0.2) is 26.4 Å². The molecule has 2 aliphatic rings. The van der Waals surface area contributed by atoms with Gasteiger partial charge in [-0.1, -0.05) is 73.1 Å². The molecule has 0 radical (unpaired) electrons. The molecule has 0 unspecified atom stereocenters. The Morgan fingerprint density at radius 3 is 2.16 bits per heavy atom. The van der Waals surface area contributed by atoms with Crippen LogP contribution >= 0.6 is 0 Å². The zero-order valence-electron chi connectivity index (χ0n) is 16.2. The molecule has 2 aliphatic heterocycles. The van der Waals surface area contributed by atoms with Crippen molar-refractivity contribution in [2.45, 2.75) is 70.4 Å². The van der Waals surface area contributed by atoms with Crippen molar-refractivity contribution >= 4 is 36.6 Å². The number of benzene rings is 2. The van der Waals surface area contributed by atoms with Crippen molar-refractivity contribution in [1.82, 2.24) is 0 Å². The lowest BCUT2D eigenvalue weighted by Crippen LogP contribution is -2.46. The summed E-state index contributed by atoms with van der Waals surface area (Å²) in [6.07, 6.45) is 2.77. The topological polar surface area (TPSA) is 18.5 Å². The van der Waals surface area contributed by atoms with Gasteiger partial charge in [-0.2, -0.15) is 0 Å². The minimum absolute atomic E-state index is 0.271. The van der Waals surface area contributed by atoms with Crippen LogP contribution in [0, 0.1) is 0 Å². The van der Waals surface area contributed by atoms with Crippen LogP contribution in [-0.2, 0) is 9.31 Å². The van der Waals surface area contributed by atoms with Crippen LogP contribution in [0.25, 0.3) is 10.8 Å². The first-order valence-corrected chi connectivity index (χ1v) is 12.5. The monoisotopic (exact) mass is 352 g/mol. The summed E-state index contributed by atoms with van der Waals surface area (Å²) in [6, 6.07) is 16.4. The van der Waals surface area contributed by atoms with Crippen LogP contribution in [0.15, 0.2) is 36.4 Å². The zero-order chi connectivity index (χ0) is 17.9. The standard InChI is InChI=1S/C21H29BO2Si/c1-20(2)21(3,4)24-22(23-20)17-14-16-10-6-7-11-18(16)19(15-17)25(5)12-8-9-13-25/h6-7,10-11,14-15H,8-9,12-13H2,1-5H3. The Morgan fingerprint density at radius 2 is 1.52 bits per heavy atom. The van der Waals surface area contributed by atoms with Crippen LogP contribution in [0.2, 0.25) is 18.6 Å². The van der Waals surface area contributed by atoms with Crippen molar-refractivity contribution in [3.63, 3.8) is 0 Å². The lowest BCUT2D eigenvalue weighted by molar-refractivity contribution is 0.00578. The van der Waals surface area contributed by atoms with Gasteiger partial charge in [0.15, 0.2) is 0 Å². The van der Waals surface area contributed by atoms with E-state index < -0.39 is 8.07 Å². The molecule has 0 atom stereocenters. The van der Waals surface area contributed by atoms with Gasteiger partial charge in [-0.15, -0.1) is 0 Å². The molecule has 2 aromatic rings. The molecule has 0 bridgehead atoms. The minimum atomic E-state index is -1.39. The Kier molecular flexibility index (Phi) is 3.95. The Bertz CT molecular complexity index is 793. The van der Waals surface area contributed by atoms with E-state index in [1.54, 1.807) is 5.19 Å². The molecule has 0 spiro atoms. The molecule has 0 amide bonds. The number of rotatable bonds is 2. The average Bonchev–Trinajstić information content (AvgIpc) is 3.08. The molecular weight excluding hydrogens is 323 g/mol. The molecule has 2 nitrogen and oxygen atoms in total. The molecule has 132 valence electrons. The number of fused-ring (bicyclic) bond motifs is 1. The lowest BCUT2D eigenvalue weighted by atomic mass is 9.78. The summed E-state index contributed by atoms with van der Waals surface area (Å²) in [7, 11) is -1.66. The molecule has 0 N–H and O–H groups in total. The quantitative estimate of drug-likeness (QED) is 0.754. The van der Waals surface area contributed by atoms with Gasteiger partial charge >= 0.3 is 7.12 Å². The van der Waals surface area contributed by atoms with Crippen LogP contribution in [0.5, 0.6) is 0 Å². The van der Waals surface area contributed by atoms with Gasteiger partial charge < -0.3 is 9.31 Å². The van der Waals surface area contributed by atoms with Gasteiger partial charge in [0.05, 0.1) is 19.3 Å². The minimum Gasteiger partial charge on any atom is -0.399 e. The van der Waals surface area contributed by atoms with Crippen molar-refractivity contribution < 1.29 is 9.31 Å². The third-order valence-electron chi connectivity index (χ3n) is 6.77. The highest BCUT2D eigenvalue weighted by atomic mass is 28.3. The largest absolute Gasteiger partial charge is 0.494 e. The Morgan fingerprint density at radius 1 is 0.920 bits per heavy atom. The second-order valence-corrected chi connectivity index (χ2v) is 13.8. The summed E-state index contributed by atoms with van der Waals surface area (Å²) in [5.41, 5.74) is 0.601. The Balaban J connectivity index is 1.84. The molecule has 4 heteroatoms. The van der Waals surface area contributed by atoms with E-state index in [4.69, 9.17) is 9.31 Å². The second kappa shape index (κ2) is 5.70. The van der Waals surface area contributed by atoms with Crippen molar-refractivity contribution in [3.05, 3.63) is 36.4 Å². The number of hydrogen-bond acceptors (Lipinski definition) is 2. The van der Waals surface area contributed by atoms with Gasteiger partial charge in [-0.05, 0) is 43.9 Å². The maximum Gasteiger partial charge on any atom is 0.494 e. The third kappa shape index (κ3) is 2.79. The maximum absolute atomic E-state index is 6.34. The fourth-order valence-electron chi connectivity index (χ4n) is 4.37. The van der Waals surface area contributed by atoms with Crippen molar-refractivity contribution in [3.8, 4) is 0 Å². The van der Waals surface area contributed by atoms with E-state index in [2.05, 4.69) is 70.6 Å². The third-order valence-corrected chi connectivity index (χ3v) is 11.4. The van der Waals surface area contributed by atoms with Crippen LogP contribution < -0.4 is 10.6 Å². The molecule has 25 heavy (non-hydrogen) atoms. The normalized spacial score (nSPS) is 24.1. The SMILES string of the molecule is CC1(C)OB(c2cc([Si]3(C)CCCC3)c3ccccc3c2)OC1(C)C. The summed E-state index contributed by atoms with van der Waals surface area (Å²) in [5.74, 6) is 0. The predicted octanol–water partition coefficient (Wildman–Crippen LogP) is 4.22. The van der Waals surface area contributed by atoms with E-state index in [1.807, 2.05) is 0 Å². The highest BCUT2D eigenvalue weighted by Gasteiger charge is 2.52. The zero-order valence-corrected chi connectivity index (χ0v) is 17.2. The van der Waals surface area contributed by atoms with Gasteiger partial charge in [-0.25, -0.2) is 0 Å². The van der Waals surface area contributed by atoms with Gasteiger partial charge in [0.1, 0.15) is 0 Å². The summed E-state index contributed by atoms with van der Waals surface area (Å²) < 4.78 is 12.7. The van der Waals surface area contributed by atoms with Gasteiger partial charge in [-0.3, -0.25) is 0 Å². The van der Waals surface area contributed by atoms with Crippen molar-refractivity contribution in [1.29, 1.82) is 0 Å². The fourth-order valence-corrected chi connectivity index (χ4v) is 8.62. The Labute approximate surface area is 153 Å². The maximum atomic E-state index is 6.34. The molecule has 4 rings (SSSR count). The van der Waals surface area contributed by atoms with E-state index in [-0.39, 0.29) is 18.3 Å². The first kappa shape index (κ1) is 17.3. The lowest BCUT2D eigenvalue weighted by Gasteiger charge is -2.32. The summed E-state index contributed by atoms with van der Waals surface area (Å²) in [4.78, 5) is 0. The average molecular weight is 352 g/mol. The molecule has 0 aliphatic carbocycles. The second-order valence-electron chi connectivity index (χ2n) is 9.15. The molecule has 0 aromatic heterocycles. The van der Waals surface area contributed by atoms with Crippen LogP contribution in [0.3, 0.4) is 0 Å². The molecule has 2 aromatic carbocycles. The van der Waals surface area contributed by atoms with E-state index in [9.17, 15) is 0 Å². The van der Waals surface area contributed by atoms with Crippen molar-refractivity contribution in [2.75, 3.05) is 0 Å². The first-order valence-electron chi connectivity index (χ1n) is 9.61. The summed E-state index contributed by atoms with van der Waals surface area (Å²) in [6.45, 7) is 11.1. The molecule has 2 heterocycles. The number of hydrogen-bond donors (Lipinski definition) is 0. The van der Waals surface area contributed by atoms with E-state index >= 15 is 0 Å². The van der Waals surface area contributed by atoms with E-state index in [1.165, 1.54) is 41.2 Å². The molecular formula is C21H29BO2Si. The fraction of sp³-hybridized carbons (Fsp3) is 0.524. The Hall–Kier alpha value is -1.10. The van der Waals surface area contributed by atoms with Gasteiger partial charge in [0, 0.05) is 0 Å². The van der Waals surface area contributed by atoms with Crippen LogP contribution in [0.4, 0.5) is 0 Å². The van der Waals surface area contributed by atoms with Gasteiger partial charge in [0.25, 0.3) is 0 Å². The first-order chi connectivity index (χ1) is 11.7. The van der Waals surface area contributed by atoms with E-state index in [0.29, 0.717) is 0 Å². The van der Waals surface area contributed by atoms with Crippen molar-refractivity contribution in [2.24, 2.45) is 0 Å². The predicted molar refractivity (Wildman–Crippen MR) is 110 cm³/mol. The summed E-state index contributed by atoms with van der Waals surface area (Å²) >= 11 is 0. The summed E-state index contributed by atoms with van der Waals surface area (Å²) in [5, 5.41) is 4.37. The highest BCUT2D eigenvalue weighted by Crippen LogP contribution is 2.37. The van der Waals surface area contributed by atoms with E-state index in [0.717, 1.165) is 0 Å². The van der Waals surface area contributed by atoms with Crippen LogP contribution in [0.1, 0.15) is 40.5 Å². The molecule has 2 saturated heterocycles. The molecule has 2 fully saturated rings.